The highest BCUT2D eigenvalue weighted by Gasteiger charge is 2.17. The monoisotopic (exact) mass is 259 g/mol. The zero-order chi connectivity index (χ0) is 14.0. The van der Waals surface area contributed by atoms with Gasteiger partial charge >= 0.3 is 5.69 Å². The lowest BCUT2D eigenvalue weighted by molar-refractivity contribution is -0.385. The standard InChI is InChI=1S/C13H13N3O3/c1-8-3-4-12(11(5-8)16(17)18)19-13-9(2)6-10(14)7-15-13/h3-7H,14H2,1-2H3. The fraction of sp³-hybridized carbons (Fsp3) is 0.154. The molecule has 0 aliphatic carbocycles. The first-order valence-corrected chi connectivity index (χ1v) is 5.62. The predicted octanol–water partition coefficient (Wildman–Crippen LogP) is 2.98. The van der Waals surface area contributed by atoms with Gasteiger partial charge in [-0.25, -0.2) is 4.98 Å². The normalized spacial score (nSPS) is 10.2. The third-order valence-corrected chi connectivity index (χ3v) is 2.57. The van der Waals surface area contributed by atoms with Gasteiger partial charge in [-0.3, -0.25) is 10.1 Å². The molecule has 0 bridgehead atoms. The lowest BCUT2D eigenvalue weighted by Crippen LogP contribution is -1.97. The molecule has 1 aromatic carbocycles. The van der Waals surface area contributed by atoms with Crippen molar-refractivity contribution in [1.29, 1.82) is 0 Å². The van der Waals surface area contributed by atoms with Crippen molar-refractivity contribution in [2.75, 3.05) is 5.73 Å². The van der Waals surface area contributed by atoms with Gasteiger partial charge in [-0.05, 0) is 31.5 Å². The molecular formula is C13H13N3O3. The van der Waals surface area contributed by atoms with E-state index in [-0.39, 0.29) is 11.4 Å². The summed E-state index contributed by atoms with van der Waals surface area (Å²) in [6.07, 6.45) is 1.45. The minimum absolute atomic E-state index is 0.0852. The molecule has 6 heteroatoms. The molecule has 0 aliphatic heterocycles. The van der Waals surface area contributed by atoms with Crippen molar-refractivity contribution in [1.82, 2.24) is 4.98 Å². The molecule has 1 aromatic heterocycles. The zero-order valence-electron chi connectivity index (χ0n) is 10.6. The quantitative estimate of drug-likeness (QED) is 0.675. The average molecular weight is 259 g/mol. The summed E-state index contributed by atoms with van der Waals surface area (Å²) < 4.78 is 5.50. The summed E-state index contributed by atoms with van der Waals surface area (Å²) in [6, 6.07) is 6.46. The van der Waals surface area contributed by atoms with Crippen molar-refractivity contribution in [3.63, 3.8) is 0 Å². The van der Waals surface area contributed by atoms with Crippen LogP contribution in [-0.4, -0.2) is 9.91 Å². The van der Waals surface area contributed by atoms with Crippen molar-refractivity contribution in [3.8, 4) is 11.6 Å². The minimum Gasteiger partial charge on any atom is -0.432 e. The molecule has 0 aliphatic rings. The van der Waals surface area contributed by atoms with Crippen LogP contribution in [0.3, 0.4) is 0 Å². The Morgan fingerprint density at radius 1 is 1.32 bits per heavy atom. The van der Waals surface area contributed by atoms with E-state index in [0.29, 0.717) is 11.6 Å². The Bertz CT molecular complexity index is 641. The summed E-state index contributed by atoms with van der Waals surface area (Å²) in [5.74, 6) is 0.470. The number of hydrogen-bond donors (Lipinski definition) is 1. The van der Waals surface area contributed by atoms with Crippen molar-refractivity contribution >= 4 is 11.4 Å². The number of nitrogens with zero attached hydrogens (tertiary/aromatic N) is 2. The van der Waals surface area contributed by atoms with E-state index < -0.39 is 4.92 Å². The van der Waals surface area contributed by atoms with Gasteiger partial charge in [0, 0.05) is 11.6 Å². The largest absolute Gasteiger partial charge is 0.432 e. The second-order valence-electron chi connectivity index (χ2n) is 4.22. The molecule has 6 nitrogen and oxygen atoms in total. The number of nitro groups is 1. The third kappa shape index (κ3) is 2.79. The molecule has 0 saturated heterocycles. The maximum Gasteiger partial charge on any atom is 0.311 e. The summed E-state index contributed by atoms with van der Waals surface area (Å²) in [6.45, 7) is 3.56. The van der Waals surface area contributed by atoms with E-state index in [9.17, 15) is 10.1 Å². The van der Waals surface area contributed by atoms with Crippen molar-refractivity contribution in [2.24, 2.45) is 0 Å². The zero-order valence-corrected chi connectivity index (χ0v) is 10.6. The average Bonchev–Trinajstić information content (AvgIpc) is 2.34. The van der Waals surface area contributed by atoms with E-state index in [1.807, 2.05) is 0 Å². The molecular weight excluding hydrogens is 246 g/mol. The Kier molecular flexibility index (Phi) is 3.33. The fourth-order valence-corrected chi connectivity index (χ4v) is 1.65. The maximum absolute atomic E-state index is 11.0. The van der Waals surface area contributed by atoms with Crippen LogP contribution >= 0.6 is 0 Å². The van der Waals surface area contributed by atoms with Gasteiger partial charge in [-0.15, -0.1) is 0 Å². The number of benzene rings is 1. The molecule has 19 heavy (non-hydrogen) atoms. The molecule has 0 fully saturated rings. The first-order valence-electron chi connectivity index (χ1n) is 5.62. The van der Waals surface area contributed by atoms with Crippen LogP contribution in [0.25, 0.3) is 0 Å². The molecule has 2 N–H and O–H groups in total. The summed E-state index contributed by atoms with van der Waals surface area (Å²) in [4.78, 5) is 14.5. The van der Waals surface area contributed by atoms with Gasteiger partial charge in [0.2, 0.25) is 11.6 Å². The summed E-state index contributed by atoms with van der Waals surface area (Å²) >= 11 is 0. The highest BCUT2D eigenvalue weighted by atomic mass is 16.6. The second-order valence-corrected chi connectivity index (χ2v) is 4.22. The number of nitrogens with two attached hydrogens (primary N) is 1. The van der Waals surface area contributed by atoms with Gasteiger partial charge in [0.05, 0.1) is 16.8 Å². The first-order chi connectivity index (χ1) is 8.97. The van der Waals surface area contributed by atoms with Crippen molar-refractivity contribution in [2.45, 2.75) is 13.8 Å². The molecule has 0 radical (unpaired) electrons. The molecule has 1 heterocycles. The molecule has 0 unspecified atom stereocenters. The Balaban J connectivity index is 2.40. The Morgan fingerprint density at radius 2 is 2.05 bits per heavy atom. The number of nitrogen functional groups attached to an aromatic ring is 1. The van der Waals surface area contributed by atoms with Crippen LogP contribution in [0.1, 0.15) is 11.1 Å². The van der Waals surface area contributed by atoms with Crippen LogP contribution in [-0.2, 0) is 0 Å². The van der Waals surface area contributed by atoms with Crippen LogP contribution in [0.4, 0.5) is 11.4 Å². The third-order valence-electron chi connectivity index (χ3n) is 2.57. The Hall–Kier alpha value is -2.63. The van der Waals surface area contributed by atoms with Crippen LogP contribution in [0, 0.1) is 24.0 Å². The molecule has 0 atom stereocenters. The van der Waals surface area contributed by atoms with Gasteiger partial charge in [-0.2, -0.15) is 0 Å². The molecule has 0 spiro atoms. The number of aromatic nitrogens is 1. The topological polar surface area (TPSA) is 91.3 Å². The van der Waals surface area contributed by atoms with Crippen molar-refractivity contribution < 1.29 is 9.66 Å². The number of nitro benzene ring substituents is 1. The van der Waals surface area contributed by atoms with Gasteiger partial charge in [0.25, 0.3) is 0 Å². The summed E-state index contributed by atoms with van der Waals surface area (Å²) in [5, 5.41) is 11.0. The molecule has 0 amide bonds. The van der Waals surface area contributed by atoms with E-state index in [1.54, 1.807) is 32.0 Å². The summed E-state index contributed by atoms with van der Waals surface area (Å²) in [5.41, 5.74) is 7.53. The van der Waals surface area contributed by atoms with E-state index in [2.05, 4.69) is 4.98 Å². The number of pyridine rings is 1. The SMILES string of the molecule is Cc1ccc(Oc2ncc(N)cc2C)c([N+](=O)[O-])c1. The number of hydrogen-bond acceptors (Lipinski definition) is 5. The predicted molar refractivity (Wildman–Crippen MR) is 71.3 cm³/mol. The smallest absolute Gasteiger partial charge is 0.311 e. The highest BCUT2D eigenvalue weighted by Crippen LogP contribution is 2.32. The van der Waals surface area contributed by atoms with Crippen molar-refractivity contribution in [3.05, 3.63) is 51.7 Å². The van der Waals surface area contributed by atoms with Gasteiger partial charge in [0.1, 0.15) is 0 Å². The van der Waals surface area contributed by atoms with Gasteiger partial charge < -0.3 is 10.5 Å². The van der Waals surface area contributed by atoms with E-state index >= 15 is 0 Å². The van der Waals surface area contributed by atoms with Crippen LogP contribution in [0.5, 0.6) is 11.6 Å². The van der Waals surface area contributed by atoms with E-state index in [1.165, 1.54) is 12.3 Å². The molecule has 98 valence electrons. The minimum atomic E-state index is -0.477. The highest BCUT2D eigenvalue weighted by molar-refractivity contribution is 5.51. The van der Waals surface area contributed by atoms with E-state index in [0.717, 1.165) is 11.1 Å². The second kappa shape index (κ2) is 4.93. The Morgan fingerprint density at radius 3 is 2.68 bits per heavy atom. The van der Waals surface area contributed by atoms with Gasteiger partial charge in [-0.1, -0.05) is 6.07 Å². The first kappa shape index (κ1) is 12.8. The van der Waals surface area contributed by atoms with E-state index in [4.69, 9.17) is 10.5 Å². The number of aryl methyl sites for hydroxylation is 2. The fourth-order valence-electron chi connectivity index (χ4n) is 1.65. The molecule has 2 aromatic rings. The van der Waals surface area contributed by atoms with Crippen LogP contribution in [0.2, 0.25) is 0 Å². The molecule has 0 saturated carbocycles. The lowest BCUT2D eigenvalue weighted by Gasteiger charge is -2.08. The Labute approximate surface area is 110 Å². The summed E-state index contributed by atoms with van der Waals surface area (Å²) in [7, 11) is 0. The number of rotatable bonds is 3. The van der Waals surface area contributed by atoms with Gasteiger partial charge in [0.15, 0.2) is 0 Å². The number of anilines is 1. The maximum atomic E-state index is 11.0. The lowest BCUT2D eigenvalue weighted by atomic mass is 10.2. The van der Waals surface area contributed by atoms with Crippen LogP contribution < -0.4 is 10.5 Å². The number of ether oxygens (including phenoxy) is 1. The molecule has 2 rings (SSSR count). The van der Waals surface area contributed by atoms with Crippen LogP contribution in [0.15, 0.2) is 30.5 Å².